The van der Waals surface area contributed by atoms with Gasteiger partial charge in [-0.1, -0.05) is 0 Å². The highest BCUT2D eigenvalue weighted by Gasteiger charge is 2.27. The Morgan fingerprint density at radius 1 is 1.63 bits per heavy atom. The molecule has 1 aromatic rings. The molecule has 0 aliphatic heterocycles. The maximum absolute atomic E-state index is 12.9. The third-order valence-corrected chi connectivity index (χ3v) is 3.03. The minimum atomic E-state index is -3.26. The molecule has 0 fully saturated rings. The average Bonchev–Trinajstić information content (AvgIpc) is 2.39. The second kappa shape index (κ2) is 6.92. The summed E-state index contributed by atoms with van der Waals surface area (Å²) >= 11 is 3.03. The Labute approximate surface area is 116 Å². The first-order valence-corrected chi connectivity index (χ1v) is 6.17. The van der Waals surface area contributed by atoms with Crippen LogP contribution in [0.5, 0.6) is 0 Å². The maximum Gasteiger partial charge on any atom is 0.287 e. The number of halogens is 3. The zero-order chi connectivity index (χ0) is 14.5. The molecular formula is C10H14BrF2N3O3. The van der Waals surface area contributed by atoms with Crippen LogP contribution in [-0.2, 0) is 11.3 Å². The number of nitrogens with zero attached hydrogens (tertiary/aromatic N) is 2. The third-order valence-electron chi connectivity index (χ3n) is 2.26. The van der Waals surface area contributed by atoms with Crippen molar-refractivity contribution in [3.63, 3.8) is 0 Å². The molecule has 0 atom stereocenters. The van der Waals surface area contributed by atoms with Crippen LogP contribution in [0.2, 0.25) is 0 Å². The van der Waals surface area contributed by atoms with E-state index in [9.17, 15) is 13.6 Å². The van der Waals surface area contributed by atoms with Crippen molar-refractivity contribution in [1.29, 1.82) is 0 Å². The first-order valence-electron chi connectivity index (χ1n) is 5.38. The third kappa shape index (κ3) is 4.51. The molecule has 0 unspecified atom stereocenters. The molecule has 0 saturated heterocycles. The van der Waals surface area contributed by atoms with Crippen LogP contribution >= 0.6 is 15.9 Å². The summed E-state index contributed by atoms with van der Waals surface area (Å²) in [5.74, 6) is -3.26. The molecular weight excluding hydrogens is 328 g/mol. The SMILES string of the molecule is COCCn1ncc(NCC(F)(F)CO)c(Br)c1=O. The fourth-order valence-electron chi connectivity index (χ4n) is 1.21. The van der Waals surface area contributed by atoms with Crippen LogP contribution in [0.25, 0.3) is 0 Å². The Bertz CT molecular complexity index is 482. The van der Waals surface area contributed by atoms with Crippen LogP contribution in [-0.4, -0.2) is 47.7 Å². The fourth-order valence-corrected chi connectivity index (χ4v) is 1.65. The molecule has 0 saturated carbocycles. The summed E-state index contributed by atoms with van der Waals surface area (Å²) < 4.78 is 31.8. The second-order valence-corrected chi connectivity index (χ2v) is 4.55. The van der Waals surface area contributed by atoms with E-state index in [0.717, 1.165) is 4.68 Å². The number of aliphatic hydroxyl groups excluding tert-OH is 1. The van der Waals surface area contributed by atoms with Gasteiger partial charge in [0.15, 0.2) is 0 Å². The lowest BCUT2D eigenvalue weighted by Crippen LogP contribution is -2.32. The molecule has 0 aliphatic rings. The van der Waals surface area contributed by atoms with Crippen LogP contribution in [0.4, 0.5) is 14.5 Å². The van der Waals surface area contributed by atoms with E-state index in [-0.39, 0.29) is 16.7 Å². The normalized spacial score (nSPS) is 11.6. The topological polar surface area (TPSA) is 76.4 Å². The highest BCUT2D eigenvalue weighted by Crippen LogP contribution is 2.19. The van der Waals surface area contributed by atoms with E-state index >= 15 is 0 Å². The number of anilines is 1. The molecule has 19 heavy (non-hydrogen) atoms. The Morgan fingerprint density at radius 3 is 2.89 bits per heavy atom. The molecule has 2 N–H and O–H groups in total. The number of hydrogen-bond donors (Lipinski definition) is 2. The summed E-state index contributed by atoms with van der Waals surface area (Å²) in [4.78, 5) is 11.8. The maximum atomic E-state index is 12.9. The van der Waals surface area contributed by atoms with E-state index in [2.05, 4.69) is 26.3 Å². The van der Waals surface area contributed by atoms with Crippen molar-refractivity contribution in [2.45, 2.75) is 12.5 Å². The number of alkyl halides is 2. The summed E-state index contributed by atoms with van der Waals surface area (Å²) in [6.07, 6.45) is 1.26. The Kier molecular flexibility index (Phi) is 5.83. The van der Waals surface area contributed by atoms with Gasteiger partial charge in [0.2, 0.25) is 0 Å². The number of nitrogens with one attached hydrogen (secondary N) is 1. The van der Waals surface area contributed by atoms with Gasteiger partial charge in [-0.25, -0.2) is 13.5 Å². The molecule has 0 radical (unpaired) electrons. The van der Waals surface area contributed by atoms with Crippen molar-refractivity contribution in [3.8, 4) is 0 Å². The van der Waals surface area contributed by atoms with E-state index < -0.39 is 24.6 Å². The quantitative estimate of drug-likeness (QED) is 0.763. The predicted octanol–water partition coefficient (Wildman–Crippen LogP) is 0.692. The fraction of sp³-hybridized carbons (Fsp3) is 0.600. The van der Waals surface area contributed by atoms with Crippen molar-refractivity contribution < 1.29 is 18.6 Å². The summed E-state index contributed by atoms with van der Waals surface area (Å²) in [6.45, 7) is -1.48. The van der Waals surface area contributed by atoms with Crippen LogP contribution in [0.1, 0.15) is 0 Å². The largest absolute Gasteiger partial charge is 0.390 e. The lowest BCUT2D eigenvalue weighted by molar-refractivity contribution is -0.0373. The van der Waals surface area contributed by atoms with Crippen LogP contribution < -0.4 is 10.9 Å². The monoisotopic (exact) mass is 341 g/mol. The van der Waals surface area contributed by atoms with E-state index in [0.29, 0.717) is 6.61 Å². The summed E-state index contributed by atoms with van der Waals surface area (Å²) in [6, 6.07) is 0. The highest BCUT2D eigenvalue weighted by atomic mass is 79.9. The highest BCUT2D eigenvalue weighted by molar-refractivity contribution is 9.10. The standard InChI is InChI=1S/C10H14BrF2N3O3/c1-19-3-2-16-9(18)8(11)7(4-15-16)14-5-10(12,13)6-17/h4,14,17H,2-3,5-6H2,1H3. The predicted molar refractivity (Wildman–Crippen MR) is 68.6 cm³/mol. The molecule has 9 heteroatoms. The van der Waals surface area contributed by atoms with Crippen LogP contribution in [0.3, 0.4) is 0 Å². The Morgan fingerprint density at radius 2 is 2.32 bits per heavy atom. The van der Waals surface area contributed by atoms with Crippen molar-refractivity contribution in [2.75, 3.05) is 32.2 Å². The van der Waals surface area contributed by atoms with Crippen molar-refractivity contribution in [3.05, 3.63) is 21.0 Å². The van der Waals surface area contributed by atoms with Gasteiger partial charge in [-0.05, 0) is 15.9 Å². The van der Waals surface area contributed by atoms with E-state index in [1.165, 1.54) is 13.3 Å². The average molecular weight is 342 g/mol. The first kappa shape index (κ1) is 16.0. The summed E-state index contributed by atoms with van der Waals surface area (Å²) in [5.41, 5.74) is -0.304. The smallest absolute Gasteiger partial charge is 0.287 e. The molecule has 0 amide bonds. The van der Waals surface area contributed by atoms with E-state index in [1.807, 2.05) is 0 Å². The molecule has 1 heterocycles. The molecule has 6 nitrogen and oxygen atoms in total. The second-order valence-electron chi connectivity index (χ2n) is 3.76. The van der Waals surface area contributed by atoms with Gasteiger partial charge in [-0.2, -0.15) is 5.10 Å². The molecule has 0 bridgehead atoms. The van der Waals surface area contributed by atoms with Crippen molar-refractivity contribution in [2.24, 2.45) is 0 Å². The summed E-state index contributed by atoms with van der Waals surface area (Å²) in [5, 5.41) is 14.6. The number of aromatic nitrogens is 2. The van der Waals surface area contributed by atoms with E-state index in [4.69, 9.17) is 9.84 Å². The number of rotatable bonds is 7. The minimum Gasteiger partial charge on any atom is -0.390 e. The molecule has 1 aromatic heterocycles. The van der Waals surface area contributed by atoms with Gasteiger partial charge in [0, 0.05) is 7.11 Å². The minimum absolute atomic E-state index is 0.104. The Balaban J connectivity index is 2.82. The lowest BCUT2D eigenvalue weighted by Gasteiger charge is -2.15. The summed E-state index contributed by atoms with van der Waals surface area (Å²) in [7, 11) is 1.49. The molecule has 1 rings (SSSR count). The van der Waals surface area contributed by atoms with Crippen molar-refractivity contribution >= 4 is 21.6 Å². The van der Waals surface area contributed by atoms with Gasteiger partial charge in [-0.3, -0.25) is 4.79 Å². The number of aliphatic hydroxyl groups is 1. The molecule has 0 spiro atoms. The molecule has 108 valence electrons. The van der Waals surface area contributed by atoms with Gasteiger partial charge in [0.05, 0.1) is 31.6 Å². The molecule has 0 aromatic carbocycles. The zero-order valence-electron chi connectivity index (χ0n) is 10.2. The van der Waals surface area contributed by atoms with Gasteiger partial charge in [0.25, 0.3) is 11.5 Å². The lowest BCUT2D eigenvalue weighted by atomic mass is 10.3. The van der Waals surface area contributed by atoms with Crippen molar-refractivity contribution in [1.82, 2.24) is 9.78 Å². The van der Waals surface area contributed by atoms with Gasteiger partial charge in [0.1, 0.15) is 11.1 Å². The molecule has 0 aliphatic carbocycles. The van der Waals surface area contributed by atoms with Gasteiger partial charge >= 0.3 is 0 Å². The number of hydrogen-bond acceptors (Lipinski definition) is 5. The first-order chi connectivity index (χ1) is 8.91. The van der Waals surface area contributed by atoms with Gasteiger partial charge < -0.3 is 15.2 Å². The Hall–Kier alpha value is -1.06. The number of methoxy groups -OCH3 is 1. The number of ether oxygens (including phenoxy) is 1. The van der Waals surface area contributed by atoms with E-state index in [1.54, 1.807) is 0 Å². The van der Waals surface area contributed by atoms with Crippen LogP contribution in [0, 0.1) is 0 Å². The van der Waals surface area contributed by atoms with Gasteiger partial charge in [-0.15, -0.1) is 0 Å². The zero-order valence-corrected chi connectivity index (χ0v) is 11.8. The van der Waals surface area contributed by atoms with Crippen LogP contribution in [0.15, 0.2) is 15.5 Å².